The summed E-state index contributed by atoms with van der Waals surface area (Å²) in [6.07, 6.45) is -3.93. The van der Waals surface area contributed by atoms with Gasteiger partial charge in [-0.1, -0.05) is 42.5 Å². The van der Waals surface area contributed by atoms with Gasteiger partial charge < -0.3 is 10.2 Å². The average Bonchev–Trinajstić information content (AvgIpc) is 3.42. The van der Waals surface area contributed by atoms with Crippen molar-refractivity contribution < 1.29 is 18.0 Å². The van der Waals surface area contributed by atoms with Crippen LogP contribution in [0.2, 0.25) is 0 Å². The molecule has 1 aliphatic rings. The predicted molar refractivity (Wildman–Crippen MR) is 117 cm³/mol. The highest BCUT2D eigenvalue weighted by molar-refractivity contribution is 7.10. The molecule has 4 rings (SSSR count). The molecule has 162 valence electrons. The largest absolute Gasteiger partial charge is 0.471 e. The number of nitrogens with one attached hydrogen (secondary N) is 1. The summed E-state index contributed by atoms with van der Waals surface area (Å²) in [6, 6.07) is 18.1. The summed E-state index contributed by atoms with van der Waals surface area (Å²) in [7, 11) is 0. The highest BCUT2D eigenvalue weighted by Gasteiger charge is 2.43. The molecule has 0 spiro atoms. The number of amides is 1. The van der Waals surface area contributed by atoms with Gasteiger partial charge in [-0.2, -0.15) is 13.2 Å². The SMILES string of the molecule is Cc1csc(CNC2CC2c2ccc(N(Cc3ccccc3)C(=O)C(F)(F)F)cc2)c1. The molecule has 0 radical (unpaired) electrons. The Morgan fingerprint density at radius 2 is 1.84 bits per heavy atom. The van der Waals surface area contributed by atoms with Crippen LogP contribution in [0.15, 0.2) is 66.0 Å². The summed E-state index contributed by atoms with van der Waals surface area (Å²) < 4.78 is 39.6. The quantitative estimate of drug-likeness (QED) is 0.500. The van der Waals surface area contributed by atoms with Crippen molar-refractivity contribution in [2.75, 3.05) is 4.90 Å². The molecule has 1 N–H and O–H groups in total. The molecule has 3 aromatic rings. The number of anilines is 1. The minimum absolute atomic E-state index is 0.133. The van der Waals surface area contributed by atoms with E-state index in [0.717, 1.165) is 23.4 Å². The molecule has 2 atom stereocenters. The molecule has 7 heteroatoms. The fraction of sp³-hybridized carbons (Fsp3) is 0.292. The molecule has 1 saturated carbocycles. The molecular weight excluding hydrogens is 421 g/mol. The van der Waals surface area contributed by atoms with Crippen molar-refractivity contribution in [1.29, 1.82) is 0 Å². The third-order valence-electron chi connectivity index (χ3n) is 5.42. The van der Waals surface area contributed by atoms with Gasteiger partial charge in [-0.25, -0.2) is 0 Å². The number of carbonyl (C=O) groups excluding carboxylic acids is 1. The Balaban J connectivity index is 1.43. The summed E-state index contributed by atoms with van der Waals surface area (Å²) in [6.45, 7) is 2.77. The highest BCUT2D eigenvalue weighted by atomic mass is 32.1. The molecule has 3 nitrogen and oxygen atoms in total. The fourth-order valence-electron chi connectivity index (χ4n) is 3.70. The number of hydrogen-bond donors (Lipinski definition) is 1. The number of halogens is 3. The van der Waals surface area contributed by atoms with Crippen molar-refractivity contribution in [3.63, 3.8) is 0 Å². The maximum absolute atomic E-state index is 13.2. The molecular formula is C24H23F3N2OS. The highest BCUT2D eigenvalue weighted by Crippen LogP contribution is 2.41. The standard InChI is InChI=1S/C24H23F3N2OS/c1-16-11-20(31-15-16)13-28-22-12-21(22)18-7-9-19(10-8-18)29(23(30)24(25,26)27)14-17-5-3-2-4-6-17/h2-11,15,21-22,28H,12-14H2,1H3. The van der Waals surface area contributed by atoms with Gasteiger partial charge in [0.2, 0.25) is 0 Å². The van der Waals surface area contributed by atoms with Gasteiger partial charge in [-0.05, 0) is 53.6 Å². The first-order chi connectivity index (χ1) is 14.8. The van der Waals surface area contributed by atoms with E-state index in [1.54, 1.807) is 53.8 Å². The Morgan fingerprint density at radius 3 is 2.45 bits per heavy atom. The third-order valence-corrected chi connectivity index (χ3v) is 6.47. The summed E-state index contributed by atoms with van der Waals surface area (Å²) in [5.41, 5.74) is 3.22. The monoisotopic (exact) mass is 444 g/mol. The lowest BCUT2D eigenvalue weighted by Gasteiger charge is -2.24. The molecule has 2 unspecified atom stereocenters. The van der Waals surface area contributed by atoms with Crippen molar-refractivity contribution in [3.8, 4) is 0 Å². The molecule has 2 aromatic carbocycles. The van der Waals surface area contributed by atoms with Crippen molar-refractivity contribution >= 4 is 22.9 Å². The van der Waals surface area contributed by atoms with E-state index < -0.39 is 12.1 Å². The van der Waals surface area contributed by atoms with E-state index in [0.29, 0.717) is 17.5 Å². The summed E-state index contributed by atoms with van der Waals surface area (Å²) in [4.78, 5) is 14.2. The molecule has 1 heterocycles. The van der Waals surface area contributed by atoms with Crippen LogP contribution in [0.4, 0.5) is 18.9 Å². The van der Waals surface area contributed by atoms with E-state index >= 15 is 0 Å². The predicted octanol–water partition coefficient (Wildman–Crippen LogP) is 5.80. The van der Waals surface area contributed by atoms with Crippen LogP contribution in [0, 0.1) is 6.92 Å². The first-order valence-corrected chi connectivity index (χ1v) is 11.0. The second-order valence-electron chi connectivity index (χ2n) is 7.89. The van der Waals surface area contributed by atoms with Crippen LogP contribution >= 0.6 is 11.3 Å². The smallest absolute Gasteiger partial charge is 0.308 e. The number of aryl methyl sites for hydroxylation is 1. The number of carbonyl (C=O) groups is 1. The van der Waals surface area contributed by atoms with Gasteiger partial charge in [0.1, 0.15) is 0 Å². The molecule has 31 heavy (non-hydrogen) atoms. The molecule has 0 aliphatic heterocycles. The van der Waals surface area contributed by atoms with Crippen molar-refractivity contribution in [2.45, 2.75) is 44.6 Å². The Hall–Kier alpha value is -2.64. The molecule has 1 amide bonds. The van der Waals surface area contributed by atoms with Crippen LogP contribution in [-0.4, -0.2) is 18.1 Å². The van der Waals surface area contributed by atoms with Crippen LogP contribution in [-0.2, 0) is 17.9 Å². The molecule has 1 fully saturated rings. The van der Waals surface area contributed by atoms with Crippen LogP contribution < -0.4 is 10.2 Å². The minimum atomic E-state index is -4.93. The Labute approximate surface area is 183 Å². The lowest BCUT2D eigenvalue weighted by atomic mass is 10.1. The maximum atomic E-state index is 13.2. The Bertz CT molecular complexity index is 1030. The van der Waals surface area contributed by atoms with Gasteiger partial charge in [0.25, 0.3) is 0 Å². The second kappa shape index (κ2) is 8.85. The maximum Gasteiger partial charge on any atom is 0.471 e. The lowest BCUT2D eigenvalue weighted by Crippen LogP contribution is -2.40. The number of thiophene rings is 1. The Kier molecular flexibility index (Phi) is 6.16. The second-order valence-corrected chi connectivity index (χ2v) is 8.88. The molecule has 1 aliphatic carbocycles. The van der Waals surface area contributed by atoms with Crippen LogP contribution in [0.5, 0.6) is 0 Å². The van der Waals surface area contributed by atoms with E-state index in [1.807, 2.05) is 12.1 Å². The number of benzene rings is 2. The lowest BCUT2D eigenvalue weighted by molar-refractivity contribution is -0.170. The van der Waals surface area contributed by atoms with E-state index in [9.17, 15) is 18.0 Å². The van der Waals surface area contributed by atoms with Gasteiger partial charge in [0.15, 0.2) is 0 Å². The molecule has 1 aromatic heterocycles. The van der Waals surface area contributed by atoms with Crippen molar-refractivity contribution in [2.24, 2.45) is 0 Å². The van der Waals surface area contributed by atoms with Crippen LogP contribution in [0.3, 0.4) is 0 Å². The van der Waals surface area contributed by atoms with Crippen LogP contribution in [0.1, 0.15) is 33.9 Å². The van der Waals surface area contributed by atoms with E-state index in [1.165, 1.54) is 10.4 Å². The molecule has 0 bridgehead atoms. The summed E-state index contributed by atoms with van der Waals surface area (Å²) >= 11 is 1.73. The van der Waals surface area contributed by atoms with E-state index in [4.69, 9.17) is 0 Å². The zero-order chi connectivity index (χ0) is 22.0. The van der Waals surface area contributed by atoms with Gasteiger partial charge in [0.05, 0.1) is 6.54 Å². The number of alkyl halides is 3. The average molecular weight is 445 g/mol. The van der Waals surface area contributed by atoms with Gasteiger partial charge in [-0.15, -0.1) is 11.3 Å². The minimum Gasteiger partial charge on any atom is -0.308 e. The van der Waals surface area contributed by atoms with Crippen LogP contribution in [0.25, 0.3) is 0 Å². The first kappa shape index (κ1) is 21.6. The van der Waals surface area contributed by atoms with Gasteiger partial charge >= 0.3 is 12.1 Å². The van der Waals surface area contributed by atoms with Crippen molar-refractivity contribution in [3.05, 3.63) is 87.6 Å². The number of hydrogen-bond acceptors (Lipinski definition) is 3. The molecule has 0 saturated heterocycles. The van der Waals surface area contributed by atoms with Crippen molar-refractivity contribution in [1.82, 2.24) is 5.32 Å². The van der Waals surface area contributed by atoms with Gasteiger partial charge in [-0.3, -0.25) is 4.79 Å². The Morgan fingerprint density at radius 1 is 1.13 bits per heavy atom. The normalized spacial score (nSPS) is 18.1. The zero-order valence-electron chi connectivity index (χ0n) is 17.0. The van der Waals surface area contributed by atoms with Gasteiger partial charge in [0, 0.05) is 29.1 Å². The van der Waals surface area contributed by atoms with E-state index in [2.05, 4.69) is 23.7 Å². The van der Waals surface area contributed by atoms with E-state index in [-0.39, 0.29) is 12.2 Å². The topological polar surface area (TPSA) is 32.3 Å². The first-order valence-electron chi connectivity index (χ1n) is 10.1. The summed E-state index contributed by atoms with van der Waals surface area (Å²) in [5, 5.41) is 5.67. The number of rotatable bonds is 7. The number of nitrogens with zero attached hydrogens (tertiary/aromatic N) is 1. The third kappa shape index (κ3) is 5.35. The summed E-state index contributed by atoms with van der Waals surface area (Å²) in [5.74, 6) is -1.52. The zero-order valence-corrected chi connectivity index (χ0v) is 17.8. The fourth-order valence-corrected chi connectivity index (χ4v) is 4.53.